The van der Waals surface area contributed by atoms with Crippen LogP contribution in [0.1, 0.15) is 58.5 Å². The first-order chi connectivity index (χ1) is 33.7. The Labute approximate surface area is 413 Å². The van der Waals surface area contributed by atoms with E-state index in [2.05, 4.69) is 218 Å². The van der Waals surface area contributed by atoms with Gasteiger partial charge in [-0.1, -0.05) is 105 Å². The molecule has 5 aromatic heterocycles. The summed E-state index contributed by atoms with van der Waals surface area (Å²) in [4.78, 5) is 10.6. The fourth-order valence-corrected chi connectivity index (χ4v) is 11.4. The molecule has 2 aliphatic carbocycles. The molecule has 0 fully saturated rings. The standard InChI is InChI=1S/C62H49N5O.Pt/c1-41-42(2)44-24-23-43(41)25-26-47-28-30-49(29-27-44)66-40-65(39-59(47)66)50-21-14-22-51(35-50)68-52-31-32-53-58(36-52)67(57-34-33-56(64-61(53)57)46-17-10-6-11-18-46)60-37-55(62(3,4)48-19-12-7-13-20-48)54(38-63-60)45-15-8-5-9-16-45;/h5-24,28,30-34,37-39H,25-27,29H2,1-4H3;/q-2;. The predicted octanol–water partition coefficient (Wildman–Crippen LogP) is 14.2. The molecule has 0 N–H and O–H groups in total. The molecule has 6 aromatic carbocycles. The van der Waals surface area contributed by atoms with E-state index in [1.807, 2.05) is 30.5 Å². The van der Waals surface area contributed by atoms with Crippen LogP contribution in [0, 0.1) is 29.8 Å². The van der Waals surface area contributed by atoms with Gasteiger partial charge >= 0.3 is 260 Å². The van der Waals surface area contributed by atoms with E-state index < -0.39 is 0 Å². The number of aryl methyl sites for hydroxylation is 4. The summed E-state index contributed by atoms with van der Waals surface area (Å²) in [5.41, 5.74) is 19.3. The molecular weight excluding hydrogens is 1030 g/mol. The van der Waals surface area contributed by atoms with Gasteiger partial charge in [0.15, 0.2) is 0 Å². The second-order valence-electron chi connectivity index (χ2n) is 18.7. The number of aromatic nitrogens is 5. The Balaban J connectivity index is 0.969. The van der Waals surface area contributed by atoms with E-state index in [4.69, 9.17) is 14.7 Å². The van der Waals surface area contributed by atoms with Gasteiger partial charge in [-0.25, -0.2) is 0 Å². The van der Waals surface area contributed by atoms with Gasteiger partial charge in [-0.2, -0.15) is 0 Å². The number of imidazole rings is 1. The minimum atomic E-state index is -0.357. The second kappa shape index (κ2) is 17.3. The fourth-order valence-electron chi connectivity index (χ4n) is 10.4. The molecule has 11 aromatic rings. The average Bonchev–Trinajstić information content (AvgIpc) is 3.91. The first-order valence-electron chi connectivity index (χ1n) is 23.7. The molecular formula is C62H49N5OPt-2. The van der Waals surface area contributed by atoms with Crippen molar-refractivity contribution >= 4 is 27.5 Å². The van der Waals surface area contributed by atoms with Gasteiger partial charge in [0, 0.05) is 22.7 Å². The summed E-state index contributed by atoms with van der Waals surface area (Å²) in [6.07, 6.45) is 8.22. The number of benzene rings is 6. The van der Waals surface area contributed by atoms with Gasteiger partial charge in [-0.05, 0) is 22.8 Å². The number of ether oxygens (including phenoxy) is 1. The zero-order chi connectivity index (χ0) is 46.8. The van der Waals surface area contributed by atoms with Crippen molar-refractivity contribution in [2.24, 2.45) is 0 Å². The number of hydrogen-bond acceptors (Lipinski definition) is 3. The molecule has 0 radical (unpaired) electrons. The van der Waals surface area contributed by atoms with Crippen LogP contribution in [0.25, 0.3) is 61.3 Å². The maximum atomic E-state index is 6.76. The Morgan fingerprint density at radius 3 is 2.04 bits per heavy atom. The summed E-state index contributed by atoms with van der Waals surface area (Å²) in [5, 5.41) is 0.958. The molecule has 6 nitrogen and oxygen atoms in total. The van der Waals surface area contributed by atoms with Crippen molar-refractivity contribution in [3.05, 3.63) is 237 Å². The van der Waals surface area contributed by atoms with Gasteiger partial charge < -0.3 is 0 Å². The third-order valence-corrected chi connectivity index (χ3v) is 15.5. The van der Waals surface area contributed by atoms with E-state index in [1.54, 1.807) is 0 Å². The van der Waals surface area contributed by atoms with E-state index in [0.717, 1.165) is 85.3 Å². The fraction of sp³-hybridized carbons (Fsp3) is 0.145. The van der Waals surface area contributed by atoms with Crippen molar-refractivity contribution in [2.75, 3.05) is 0 Å². The van der Waals surface area contributed by atoms with Gasteiger partial charge in [-0.15, -0.1) is 0 Å². The average molecular weight is 1080 g/mol. The molecule has 0 spiro atoms. The first-order valence-corrected chi connectivity index (χ1v) is 24.9. The van der Waals surface area contributed by atoms with Crippen molar-refractivity contribution in [2.45, 2.75) is 58.8 Å². The summed E-state index contributed by atoms with van der Waals surface area (Å²) >= 11 is 2.48. The Kier molecular flexibility index (Phi) is 10.7. The zero-order valence-corrected chi connectivity index (χ0v) is 41.3. The predicted molar refractivity (Wildman–Crippen MR) is 274 cm³/mol. The Morgan fingerprint density at radius 1 is 0.623 bits per heavy atom. The van der Waals surface area contributed by atoms with Gasteiger partial charge in [0.05, 0.1) is 5.69 Å². The molecule has 4 bridgehead atoms. The minimum absolute atomic E-state index is 0.357. The topological polar surface area (TPSA) is 49.3 Å². The molecule has 7 heterocycles. The molecule has 7 heteroatoms. The van der Waals surface area contributed by atoms with E-state index in [-0.39, 0.29) is 5.41 Å². The first kappa shape index (κ1) is 42.9. The van der Waals surface area contributed by atoms with Crippen LogP contribution < -0.4 is 4.74 Å². The Bertz CT molecular complexity index is 3830. The van der Waals surface area contributed by atoms with Crippen LogP contribution in [0.15, 0.2) is 176 Å². The molecule has 0 atom stereocenters. The molecule has 0 amide bonds. The van der Waals surface area contributed by atoms with Gasteiger partial charge in [-0.3, -0.25) is 0 Å². The normalized spacial score (nSPS) is 12.8. The molecule has 69 heavy (non-hydrogen) atoms. The Morgan fingerprint density at radius 2 is 1.29 bits per heavy atom. The number of rotatable bonds is 8. The quantitative estimate of drug-likeness (QED) is 0.143. The van der Waals surface area contributed by atoms with Crippen LogP contribution in [-0.4, -0.2) is 23.5 Å². The van der Waals surface area contributed by atoms with Gasteiger partial charge in [0.25, 0.3) is 0 Å². The molecule has 0 unspecified atom stereocenters. The summed E-state index contributed by atoms with van der Waals surface area (Å²) in [6, 6.07) is 65.1. The van der Waals surface area contributed by atoms with Crippen molar-refractivity contribution in [3.63, 3.8) is 0 Å². The number of nitrogens with zero attached hydrogens (tertiary/aromatic N) is 5. The summed E-state index contributed by atoms with van der Waals surface area (Å²) in [7, 11) is 0. The van der Waals surface area contributed by atoms with Crippen LogP contribution >= 0.6 is 0 Å². The molecule has 2 aliphatic heterocycles. The molecule has 15 rings (SSSR count). The summed E-state index contributed by atoms with van der Waals surface area (Å²) in [5.74, 6) is 1.95. The van der Waals surface area contributed by atoms with Crippen LogP contribution in [0.4, 0.5) is 0 Å². The van der Waals surface area contributed by atoms with E-state index in [1.165, 1.54) is 50.2 Å². The molecule has 0 saturated carbocycles. The van der Waals surface area contributed by atoms with Crippen LogP contribution in [0.2, 0.25) is 0 Å². The second-order valence-corrected chi connectivity index (χ2v) is 19.8. The third kappa shape index (κ3) is 7.59. The van der Waals surface area contributed by atoms with E-state index in [9.17, 15) is 0 Å². The zero-order valence-electron chi connectivity index (χ0n) is 39.0. The van der Waals surface area contributed by atoms with Gasteiger partial charge in [0.1, 0.15) is 0 Å². The van der Waals surface area contributed by atoms with Crippen molar-refractivity contribution < 1.29 is 24.1 Å². The summed E-state index contributed by atoms with van der Waals surface area (Å²) in [6.45, 7) is 9.17. The summed E-state index contributed by atoms with van der Waals surface area (Å²) < 4.78 is 14.8. The van der Waals surface area contributed by atoms with Crippen LogP contribution in [0.3, 0.4) is 0 Å². The maximum absolute atomic E-state index is 6.76. The Hall–Kier alpha value is -7.40. The number of hydrogen-bond donors (Lipinski definition) is 0. The third-order valence-electron chi connectivity index (χ3n) is 14.4. The van der Waals surface area contributed by atoms with Crippen LogP contribution in [0.5, 0.6) is 11.5 Å². The molecule has 0 saturated heterocycles. The van der Waals surface area contributed by atoms with Crippen molar-refractivity contribution in [1.82, 2.24) is 23.5 Å². The monoisotopic (exact) mass is 1070 g/mol. The molecule has 340 valence electrons. The number of fused-ring (bicyclic) bond motifs is 3. The SMILES string of the molecule is Cc1c2ccc(c1C)CCc1ccc(c3cn(-c4[c-]c(Oc5[c-]c6c(cc5)c5nc(-c7ccccc7)ccc5n6-c5cc(C(C)(C)c6ccccc6)c(-c6ccccc6)cn5)ccc4)[c](=[Pt])n13)CC2. The van der Waals surface area contributed by atoms with Crippen LogP contribution in [-0.2, 0) is 50.5 Å². The number of pyridine rings is 3. The van der Waals surface area contributed by atoms with Crippen molar-refractivity contribution in [3.8, 4) is 45.4 Å². The van der Waals surface area contributed by atoms with E-state index in [0.29, 0.717) is 11.5 Å². The van der Waals surface area contributed by atoms with Gasteiger partial charge in [0.2, 0.25) is 0 Å². The molecule has 4 aliphatic rings. The van der Waals surface area contributed by atoms with E-state index >= 15 is 0 Å². The van der Waals surface area contributed by atoms with Crippen molar-refractivity contribution in [1.29, 1.82) is 0 Å².